The first kappa shape index (κ1) is 25.4. The van der Waals surface area contributed by atoms with Crippen molar-refractivity contribution in [3.05, 3.63) is 60.2 Å². The molecule has 1 aliphatic rings. The zero-order valence-corrected chi connectivity index (χ0v) is 19.2. The van der Waals surface area contributed by atoms with Gasteiger partial charge >= 0.3 is 0 Å². The van der Waals surface area contributed by atoms with E-state index in [0.717, 1.165) is 42.0 Å². The second-order valence-electron chi connectivity index (χ2n) is 8.51. The van der Waals surface area contributed by atoms with Gasteiger partial charge in [-0.2, -0.15) is 0 Å². The average molecular weight is 440 g/mol. The smallest absolute Gasteiger partial charge is 0.279 e. The summed E-state index contributed by atoms with van der Waals surface area (Å²) in [6, 6.07) is 18.7. The zero-order valence-electron chi connectivity index (χ0n) is 19.2. The van der Waals surface area contributed by atoms with E-state index in [1.54, 1.807) is 0 Å². The first-order valence-corrected chi connectivity index (χ1v) is 11.7. The van der Waals surface area contributed by atoms with Crippen molar-refractivity contribution in [1.82, 2.24) is 0 Å². The molecule has 0 radical (unpaired) electrons. The Labute approximate surface area is 192 Å². The van der Waals surface area contributed by atoms with E-state index < -0.39 is 6.47 Å². The van der Waals surface area contributed by atoms with Gasteiger partial charge in [0.25, 0.3) is 5.91 Å². The molecule has 2 N–H and O–H groups in total. The summed E-state index contributed by atoms with van der Waals surface area (Å²) >= 11 is 0. The Hall–Kier alpha value is -2.86. The number of rotatable bonds is 9. The maximum absolute atomic E-state index is 12.9. The fraction of sp³-hybridized carbons (Fsp3) is 0.462. The number of quaternary nitrogens is 1. The van der Waals surface area contributed by atoms with E-state index in [9.17, 15) is 4.79 Å². The summed E-state index contributed by atoms with van der Waals surface area (Å²) in [5, 5.41) is 14.8. The summed E-state index contributed by atoms with van der Waals surface area (Å²) in [5.41, 5.74) is 3.31. The molecule has 0 spiro atoms. The molecule has 174 valence electrons. The number of carbonyl (C=O) groups is 2. The number of hydrogen-bond acceptors (Lipinski definition) is 4. The summed E-state index contributed by atoms with van der Waals surface area (Å²) in [4.78, 5) is 21.2. The van der Waals surface area contributed by atoms with E-state index in [4.69, 9.17) is 9.90 Å². The molecule has 1 aliphatic heterocycles. The molecular weight excluding hydrogens is 402 g/mol. The maximum Gasteiger partial charge on any atom is 0.279 e. The number of benzene rings is 2. The quantitative estimate of drug-likeness (QED) is 0.354. The van der Waals surface area contributed by atoms with Crippen LogP contribution in [-0.4, -0.2) is 43.0 Å². The molecule has 0 aromatic heterocycles. The molecule has 2 aromatic rings. The van der Waals surface area contributed by atoms with Crippen LogP contribution in [0.4, 0.5) is 11.4 Å². The van der Waals surface area contributed by atoms with Crippen LogP contribution in [0.5, 0.6) is 0 Å². The summed E-state index contributed by atoms with van der Waals surface area (Å²) in [5.74, 6) is 0.120. The first-order chi connectivity index (χ1) is 15.6. The van der Waals surface area contributed by atoms with Crippen molar-refractivity contribution in [1.29, 1.82) is 0 Å². The molecular formula is C26H37N3O3. The van der Waals surface area contributed by atoms with Crippen molar-refractivity contribution in [3.63, 3.8) is 0 Å². The van der Waals surface area contributed by atoms with Crippen molar-refractivity contribution in [2.75, 3.05) is 36.8 Å². The van der Waals surface area contributed by atoms with Crippen LogP contribution in [0.3, 0.4) is 0 Å². The minimum atomic E-state index is -0.500. The largest absolute Gasteiger partial charge is 0.554 e. The summed E-state index contributed by atoms with van der Waals surface area (Å²) in [6.07, 6.45) is 7.33. The van der Waals surface area contributed by atoms with Gasteiger partial charge in [-0.3, -0.25) is 4.79 Å². The van der Waals surface area contributed by atoms with E-state index in [1.165, 1.54) is 44.1 Å². The molecule has 1 fully saturated rings. The van der Waals surface area contributed by atoms with Crippen LogP contribution < -0.4 is 15.7 Å². The van der Waals surface area contributed by atoms with Crippen molar-refractivity contribution >= 4 is 23.8 Å². The Morgan fingerprint density at radius 1 is 0.969 bits per heavy atom. The van der Waals surface area contributed by atoms with Crippen LogP contribution in [-0.2, 0) is 16.1 Å². The highest BCUT2D eigenvalue weighted by molar-refractivity contribution is 5.91. The number of anilines is 2. The van der Waals surface area contributed by atoms with Gasteiger partial charge in [-0.05, 0) is 56.4 Å². The number of hydrogen-bond donors (Lipinski definition) is 2. The Kier molecular flexibility index (Phi) is 11.3. The third kappa shape index (κ3) is 9.10. The topological polar surface area (TPSA) is 81.3 Å². The molecule has 0 unspecified atom stereocenters. The monoisotopic (exact) mass is 439 g/mol. The highest BCUT2D eigenvalue weighted by atomic mass is 16.3. The predicted octanol–water partition coefficient (Wildman–Crippen LogP) is 3.79. The molecule has 6 heteroatoms. The standard InChI is InChI=1S/C25H35N3O.CH2O2/c1-2-3-17-26-23-13-15-24(16-14-23)27-25(29)21-28(18-9-4-5-10-19-28)20-22-11-7-6-8-12-22;2-1-3/h6-8,11-16,26H,2-5,9-10,17-21H2,1H3;1H,(H,2,3). The lowest BCUT2D eigenvalue weighted by Crippen LogP contribution is -2.52. The predicted molar refractivity (Wildman–Crippen MR) is 128 cm³/mol. The van der Waals surface area contributed by atoms with Gasteiger partial charge in [-0.25, -0.2) is 0 Å². The lowest BCUT2D eigenvalue weighted by molar-refractivity contribution is -0.932. The van der Waals surface area contributed by atoms with Gasteiger partial charge < -0.3 is 25.0 Å². The highest BCUT2D eigenvalue weighted by Gasteiger charge is 2.31. The van der Waals surface area contributed by atoms with Gasteiger partial charge in [0.2, 0.25) is 0 Å². The normalized spacial score (nSPS) is 14.9. The number of carboxylic acid groups (broad SMARTS) is 1. The van der Waals surface area contributed by atoms with Crippen molar-refractivity contribution in [2.24, 2.45) is 0 Å². The zero-order chi connectivity index (χ0) is 23.1. The molecule has 0 saturated carbocycles. The van der Waals surface area contributed by atoms with E-state index in [1.807, 2.05) is 24.3 Å². The van der Waals surface area contributed by atoms with Crippen LogP contribution in [0.15, 0.2) is 54.6 Å². The summed E-state index contributed by atoms with van der Waals surface area (Å²) in [6.45, 7) is 6.34. The maximum atomic E-state index is 12.9. The van der Waals surface area contributed by atoms with Crippen molar-refractivity contribution < 1.29 is 19.2 Å². The second kappa shape index (κ2) is 14.2. The number of nitrogens with one attached hydrogen (secondary N) is 2. The molecule has 3 rings (SSSR count). The third-order valence-corrected chi connectivity index (χ3v) is 5.88. The molecule has 1 heterocycles. The molecule has 0 aliphatic carbocycles. The van der Waals surface area contributed by atoms with Gasteiger partial charge in [0.15, 0.2) is 6.54 Å². The first-order valence-electron chi connectivity index (χ1n) is 11.7. The fourth-order valence-electron chi connectivity index (χ4n) is 4.29. The Balaban J connectivity index is 0.00000114. The third-order valence-electron chi connectivity index (χ3n) is 5.88. The highest BCUT2D eigenvalue weighted by Crippen LogP contribution is 2.23. The fourth-order valence-corrected chi connectivity index (χ4v) is 4.29. The number of unbranched alkanes of at least 4 members (excludes halogenated alkanes) is 1. The summed E-state index contributed by atoms with van der Waals surface area (Å²) in [7, 11) is 0. The van der Waals surface area contributed by atoms with Crippen LogP contribution in [0, 0.1) is 0 Å². The molecule has 6 nitrogen and oxygen atoms in total. The lowest BCUT2D eigenvalue weighted by atomic mass is 10.1. The Bertz CT molecular complexity index is 786. The minimum Gasteiger partial charge on any atom is -0.554 e. The summed E-state index contributed by atoms with van der Waals surface area (Å²) < 4.78 is 0.868. The second-order valence-corrected chi connectivity index (χ2v) is 8.51. The molecule has 0 bridgehead atoms. The molecule has 0 atom stereocenters. The van der Waals surface area contributed by atoms with E-state index in [-0.39, 0.29) is 5.91 Å². The number of carbonyl (C=O) groups excluding carboxylic acids is 2. The van der Waals surface area contributed by atoms with Gasteiger partial charge in [-0.15, -0.1) is 0 Å². The van der Waals surface area contributed by atoms with Crippen LogP contribution in [0.25, 0.3) is 0 Å². The van der Waals surface area contributed by atoms with E-state index in [0.29, 0.717) is 6.54 Å². The van der Waals surface area contributed by atoms with Crippen molar-refractivity contribution in [3.8, 4) is 0 Å². The molecule has 1 amide bonds. The molecule has 1 saturated heterocycles. The number of nitrogens with zero attached hydrogens (tertiary/aromatic N) is 1. The van der Waals surface area contributed by atoms with Crippen molar-refractivity contribution in [2.45, 2.75) is 52.0 Å². The van der Waals surface area contributed by atoms with Crippen LogP contribution in [0.2, 0.25) is 0 Å². The Morgan fingerprint density at radius 3 is 2.16 bits per heavy atom. The SMILES string of the molecule is CCCCNc1ccc(NC(=O)C[N+]2(Cc3ccccc3)CCCCCC2)cc1.O=C[O-]. The molecule has 2 aromatic carbocycles. The molecule has 32 heavy (non-hydrogen) atoms. The number of likely N-dealkylation sites (tertiary alicyclic amines) is 1. The van der Waals surface area contributed by atoms with E-state index >= 15 is 0 Å². The van der Waals surface area contributed by atoms with E-state index in [2.05, 4.69) is 47.9 Å². The minimum absolute atomic E-state index is 0.120. The van der Waals surface area contributed by atoms with Gasteiger partial charge in [0.05, 0.1) is 13.1 Å². The lowest BCUT2D eigenvalue weighted by Gasteiger charge is -2.37. The average Bonchev–Trinajstić information content (AvgIpc) is 3.01. The van der Waals surface area contributed by atoms with Gasteiger partial charge in [-0.1, -0.05) is 43.7 Å². The Morgan fingerprint density at radius 2 is 1.56 bits per heavy atom. The van der Waals surface area contributed by atoms with Crippen LogP contribution in [0.1, 0.15) is 51.0 Å². The van der Waals surface area contributed by atoms with Crippen LogP contribution >= 0.6 is 0 Å². The van der Waals surface area contributed by atoms with Gasteiger partial charge in [0.1, 0.15) is 6.54 Å². The number of amides is 1. The van der Waals surface area contributed by atoms with Gasteiger partial charge in [0, 0.05) is 30.0 Å².